The molecular formula is C28H34FNO6S. The average Bonchev–Trinajstić information content (AvgIpc) is 3.21. The minimum absolute atomic E-state index is 0.00251. The first kappa shape index (κ1) is 27.3. The summed E-state index contributed by atoms with van der Waals surface area (Å²) in [7, 11) is -2.20. The largest absolute Gasteiger partial charge is 0.491 e. The molecule has 0 bridgehead atoms. The fourth-order valence-electron chi connectivity index (χ4n) is 5.55. The Morgan fingerprint density at radius 2 is 1.92 bits per heavy atom. The molecule has 0 unspecified atom stereocenters. The minimum Gasteiger partial charge on any atom is -0.491 e. The van der Waals surface area contributed by atoms with E-state index in [1.807, 2.05) is 26.0 Å². The van der Waals surface area contributed by atoms with Crippen molar-refractivity contribution in [3.05, 3.63) is 70.0 Å². The number of benzene rings is 2. The molecule has 0 amide bonds. The van der Waals surface area contributed by atoms with E-state index in [2.05, 4.69) is 24.0 Å². The van der Waals surface area contributed by atoms with Gasteiger partial charge in [-0.15, -0.1) is 0 Å². The van der Waals surface area contributed by atoms with Crippen molar-refractivity contribution in [1.29, 1.82) is 0 Å². The van der Waals surface area contributed by atoms with Crippen LogP contribution in [0.25, 0.3) is 5.57 Å². The molecule has 0 aromatic heterocycles. The van der Waals surface area contributed by atoms with Crippen LogP contribution in [0.4, 0.5) is 4.39 Å². The topological polar surface area (TPSA) is 82.1 Å². The quantitative estimate of drug-likeness (QED) is 0.269. The fourth-order valence-corrected chi connectivity index (χ4v) is 5.92. The maximum atomic E-state index is 15.7. The Morgan fingerprint density at radius 1 is 1.19 bits per heavy atom. The molecule has 2 aliphatic rings. The summed E-state index contributed by atoms with van der Waals surface area (Å²) in [5, 5.41) is 0. The number of hydrogen-bond donors (Lipinski definition) is 0. The molecule has 0 radical (unpaired) electrons. The van der Waals surface area contributed by atoms with Gasteiger partial charge in [-0.1, -0.05) is 31.2 Å². The molecule has 200 valence electrons. The zero-order valence-electron chi connectivity index (χ0n) is 21.9. The Morgan fingerprint density at radius 3 is 2.62 bits per heavy atom. The standard InChI is InChI=1S/C28H34FNO6S/c1-17(28(31)34-4)16-30-18(2)14-22-21-9-7-6-8-20(21)15-23(22)27(30)26-19(3)25(11-10-24(26)29)35-12-13-36-37(5,32)33/h6-11,17-18,27H,12-16H2,1-5H3/t17-,18+,27-/m0/s1. The van der Waals surface area contributed by atoms with E-state index < -0.39 is 22.1 Å². The van der Waals surface area contributed by atoms with Crippen molar-refractivity contribution in [3.8, 4) is 5.75 Å². The third-order valence-electron chi connectivity index (χ3n) is 7.25. The van der Waals surface area contributed by atoms with Crippen LogP contribution in [0.3, 0.4) is 0 Å². The highest BCUT2D eigenvalue weighted by Gasteiger charge is 2.41. The first-order valence-electron chi connectivity index (χ1n) is 12.4. The van der Waals surface area contributed by atoms with Gasteiger partial charge >= 0.3 is 5.97 Å². The second kappa shape index (κ2) is 10.9. The Bertz CT molecular complexity index is 1320. The molecule has 0 saturated heterocycles. The van der Waals surface area contributed by atoms with Crippen molar-refractivity contribution in [1.82, 2.24) is 4.90 Å². The summed E-state index contributed by atoms with van der Waals surface area (Å²) in [6.07, 6.45) is 2.49. The Labute approximate surface area is 218 Å². The van der Waals surface area contributed by atoms with Gasteiger partial charge in [-0.25, -0.2) is 4.39 Å². The lowest BCUT2D eigenvalue weighted by Gasteiger charge is -2.43. The van der Waals surface area contributed by atoms with Gasteiger partial charge < -0.3 is 9.47 Å². The van der Waals surface area contributed by atoms with E-state index in [1.165, 1.54) is 29.9 Å². The summed E-state index contributed by atoms with van der Waals surface area (Å²) < 4.78 is 53.8. The van der Waals surface area contributed by atoms with Gasteiger partial charge in [-0.2, -0.15) is 8.42 Å². The first-order chi connectivity index (χ1) is 17.5. The lowest BCUT2D eigenvalue weighted by atomic mass is 9.83. The van der Waals surface area contributed by atoms with E-state index in [0.29, 0.717) is 29.8 Å². The minimum atomic E-state index is -3.58. The van der Waals surface area contributed by atoms with Gasteiger partial charge in [-0.3, -0.25) is 13.9 Å². The summed E-state index contributed by atoms with van der Waals surface area (Å²) in [6, 6.07) is 10.9. The number of nitrogens with zero attached hydrogens (tertiary/aromatic N) is 1. The maximum Gasteiger partial charge on any atom is 0.309 e. The van der Waals surface area contributed by atoms with Crippen LogP contribution < -0.4 is 4.74 Å². The van der Waals surface area contributed by atoms with Crippen molar-refractivity contribution in [2.45, 2.75) is 45.7 Å². The monoisotopic (exact) mass is 531 g/mol. The number of hydrogen-bond acceptors (Lipinski definition) is 7. The highest BCUT2D eigenvalue weighted by atomic mass is 32.2. The number of halogens is 1. The second-order valence-electron chi connectivity index (χ2n) is 9.87. The van der Waals surface area contributed by atoms with Crippen molar-refractivity contribution < 1.29 is 31.3 Å². The van der Waals surface area contributed by atoms with Crippen molar-refractivity contribution in [3.63, 3.8) is 0 Å². The van der Waals surface area contributed by atoms with Crippen LogP contribution in [0.2, 0.25) is 0 Å². The van der Waals surface area contributed by atoms with Gasteiger partial charge in [0.15, 0.2) is 0 Å². The Kier molecular flexibility index (Phi) is 8.06. The zero-order valence-corrected chi connectivity index (χ0v) is 22.7. The Hall–Kier alpha value is -2.75. The molecular weight excluding hydrogens is 497 g/mol. The van der Waals surface area contributed by atoms with Crippen LogP contribution >= 0.6 is 0 Å². The lowest BCUT2D eigenvalue weighted by molar-refractivity contribution is -0.145. The summed E-state index contributed by atoms with van der Waals surface area (Å²) in [5.74, 6) is -0.586. The van der Waals surface area contributed by atoms with Crippen LogP contribution in [-0.4, -0.2) is 58.5 Å². The molecule has 37 heavy (non-hydrogen) atoms. The summed E-state index contributed by atoms with van der Waals surface area (Å²) >= 11 is 0. The van der Waals surface area contributed by atoms with Crippen LogP contribution in [0.15, 0.2) is 42.0 Å². The molecule has 2 aromatic carbocycles. The van der Waals surface area contributed by atoms with Gasteiger partial charge in [-0.05, 0) is 66.7 Å². The number of carbonyl (C=O) groups excluding carboxylic acids is 1. The predicted octanol–water partition coefficient (Wildman–Crippen LogP) is 4.44. The van der Waals surface area contributed by atoms with Crippen molar-refractivity contribution >= 4 is 21.7 Å². The molecule has 1 aliphatic carbocycles. The second-order valence-corrected chi connectivity index (χ2v) is 11.5. The third-order valence-corrected chi connectivity index (χ3v) is 7.85. The zero-order chi connectivity index (χ0) is 26.9. The number of ether oxygens (including phenoxy) is 2. The van der Waals surface area contributed by atoms with E-state index in [-0.39, 0.29) is 31.0 Å². The van der Waals surface area contributed by atoms with Crippen LogP contribution in [0, 0.1) is 18.7 Å². The van der Waals surface area contributed by atoms with Gasteiger partial charge in [0.2, 0.25) is 0 Å². The molecule has 3 atom stereocenters. The highest BCUT2D eigenvalue weighted by molar-refractivity contribution is 7.85. The third kappa shape index (κ3) is 5.73. The van der Waals surface area contributed by atoms with Crippen molar-refractivity contribution in [2.75, 3.05) is 33.1 Å². The molecule has 0 spiro atoms. The van der Waals surface area contributed by atoms with Crippen LogP contribution in [0.5, 0.6) is 5.75 Å². The van der Waals surface area contributed by atoms with E-state index in [1.54, 1.807) is 6.07 Å². The van der Waals surface area contributed by atoms with Crippen molar-refractivity contribution in [2.24, 2.45) is 5.92 Å². The van der Waals surface area contributed by atoms with Gasteiger partial charge in [0.25, 0.3) is 10.1 Å². The normalized spacial score (nSPS) is 20.4. The SMILES string of the molecule is COC(=O)[C@@H](C)CN1[C@H](C)CC2=C(Cc3ccccc32)[C@H]1c1c(F)ccc(OCCOS(C)(=O)=O)c1C. The van der Waals surface area contributed by atoms with E-state index in [9.17, 15) is 13.2 Å². The summed E-state index contributed by atoms with van der Waals surface area (Å²) in [6.45, 7) is 6.03. The number of methoxy groups -OCH3 is 1. The average molecular weight is 532 g/mol. The van der Waals surface area contributed by atoms with E-state index in [4.69, 9.17) is 13.7 Å². The molecule has 0 fully saturated rings. The molecule has 7 nitrogen and oxygen atoms in total. The molecule has 1 aliphatic heterocycles. The first-order valence-corrected chi connectivity index (χ1v) is 14.2. The number of esters is 1. The molecule has 0 saturated carbocycles. The molecule has 4 rings (SSSR count). The molecule has 9 heteroatoms. The summed E-state index contributed by atoms with van der Waals surface area (Å²) in [5.41, 5.74) is 5.94. The Balaban J connectivity index is 1.75. The predicted molar refractivity (Wildman–Crippen MR) is 139 cm³/mol. The van der Waals surface area contributed by atoms with Gasteiger partial charge in [0, 0.05) is 18.2 Å². The molecule has 2 aromatic rings. The lowest BCUT2D eigenvalue weighted by Crippen LogP contribution is -2.45. The number of fused-ring (bicyclic) bond motifs is 2. The maximum absolute atomic E-state index is 15.7. The molecule has 0 N–H and O–H groups in total. The summed E-state index contributed by atoms with van der Waals surface area (Å²) in [4.78, 5) is 14.5. The number of carbonyl (C=O) groups is 1. The number of rotatable bonds is 9. The highest BCUT2D eigenvalue weighted by Crippen LogP contribution is 2.50. The molecule has 1 heterocycles. The van der Waals surface area contributed by atoms with E-state index >= 15 is 4.39 Å². The van der Waals surface area contributed by atoms with E-state index in [0.717, 1.165) is 18.2 Å². The van der Waals surface area contributed by atoms with Gasteiger partial charge in [0.05, 0.1) is 25.3 Å². The fraction of sp³-hybridized carbons (Fsp3) is 0.464. The van der Waals surface area contributed by atoms with Crippen LogP contribution in [-0.2, 0) is 30.3 Å². The van der Waals surface area contributed by atoms with Gasteiger partial charge in [0.1, 0.15) is 24.8 Å². The smallest absolute Gasteiger partial charge is 0.309 e. The van der Waals surface area contributed by atoms with Crippen LogP contribution in [0.1, 0.15) is 48.6 Å².